The zero-order chi connectivity index (χ0) is 19.3. The van der Waals surface area contributed by atoms with Gasteiger partial charge in [-0.15, -0.1) is 0 Å². The minimum absolute atomic E-state index is 0.287. The predicted octanol–water partition coefficient (Wildman–Crippen LogP) is 3.97. The first-order valence-electron chi connectivity index (χ1n) is 8.40. The van der Waals surface area contributed by atoms with Crippen LogP contribution in [0, 0.1) is 0 Å². The summed E-state index contributed by atoms with van der Waals surface area (Å²) in [6, 6.07) is 13.7. The van der Waals surface area contributed by atoms with E-state index in [2.05, 4.69) is 19.6 Å². The molecule has 0 radical (unpaired) electrons. The summed E-state index contributed by atoms with van der Waals surface area (Å²) in [4.78, 5) is 26.6. The molecule has 0 bridgehead atoms. The Hall–Kier alpha value is -2.80. The van der Waals surface area contributed by atoms with E-state index < -0.39 is 20.1 Å². The monoisotopic (exact) mass is 371 g/mol. The van der Waals surface area contributed by atoms with Crippen molar-refractivity contribution in [3.8, 4) is 0 Å². The third kappa shape index (κ3) is 5.35. The highest BCUT2D eigenvalue weighted by molar-refractivity contribution is 6.76. The fraction of sp³-hybridized carbons (Fsp3) is 0.263. The summed E-state index contributed by atoms with van der Waals surface area (Å²) in [5.41, 5.74) is 13.2. The van der Waals surface area contributed by atoms with Gasteiger partial charge in [-0.3, -0.25) is 4.79 Å². The van der Waals surface area contributed by atoms with Crippen molar-refractivity contribution in [3.05, 3.63) is 54.1 Å². The molecular weight excluding hydrogens is 346 g/mol. The van der Waals surface area contributed by atoms with Crippen LogP contribution in [0.4, 0.5) is 21.9 Å². The van der Waals surface area contributed by atoms with Gasteiger partial charge in [-0.05, 0) is 54.6 Å². The first-order valence-corrected chi connectivity index (χ1v) is 12.1. The van der Waals surface area contributed by atoms with Crippen LogP contribution >= 0.6 is 0 Å². The number of anilines is 3. The van der Waals surface area contributed by atoms with Crippen LogP contribution in [0.1, 0.15) is 10.4 Å². The molecule has 4 N–H and O–H groups in total. The number of carbonyl (C=O) groups excluding carboxylic acids is 2. The maximum absolute atomic E-state index is 12.9. The zero-order valence-electron chi connectivity index (χ0n) is 15.4. The molecule has 0 heterocycles. The molecule has 2 amide bonds. The summed E-state index contributed by atoms with van der Waals surface area (Å²) in [5, 5.41) is 0. The van der Waals surface area contributed by atoms with Crippen molar-refractivity contribution in [3.63, 3.8) is 0 Å². The van der Waals surface area contributed by atoms with Gasteiger partial charge in [0.15, 0.2) is 0 Å². The quantitative estimate of drug-likeness (QED) is 0.612. The van der Waals surface area contributed by atoms with Crippen LogP contribution in [-0.2, 0) is 4.74 Å². The van der Waals surface area contributed by atoms with Crippen molar-refractivity contribution in [2.45, 2.75) is 25.7 Å². The first kappa shape index (κ1) is 19.5. The molecule has 2 aromatic rings. The van der Waals surface area contributed by atoms with Crippen LogP contribution in [0.25, 0.3) is 0 Å². The van der Waals surface area contributed by atoms with Crippen molar-refractivity contribution < 1.29 is 14.3 Å². The number of hydrogen-bond acceptors (Lipinski definition) is 5. The number of benzene rings is 2. The van der Waals surface area contributed by atoms with E-state index in [1.165, 1.54) is 0 Å². The molecule has 0 aromatic heterocycles. The highest BCUT2D eigenvalue weighted by atomic mass is 28.3. The third-order valence-corrected chi connectivity index (χ3v) is 5.48. The molecule has 0 unspecified atom stereocenters. The number of hydrogen-bond donors (Lipinski definition) is 2. The molecule has 0 saturated carbocycles. The van der Waals surface area contributed by atoms with Crippen molar-refractivity contribution in [1.82, 2.24) is 0 Å². The van der Waals surface area contributed by atoms with Crippen LogP contribution in [0.3, 0.4) is 0 Å². The van der Waals surface area contributed by atoms with Gasteiger partial charge in [0.1, 0.15) is 0 Å². The number of nitrogens with zero attached hydrogens (tertiary/aromatic N) is 1. The Morgan fingerprint density at radius 3 is 1.92 bits per heavy atom. The molecule has 2 aromatic carbocycles. The first-order chi connectivity index (χ1) is 12.2. The molecule has 7 heteroatoms. The van der Waals surface area contributed by atoms with Gasteiger partial charge >= 0.3 is 6.09 Å². The normalized spacial score (nSPS) is 11.0. The molecule has 0 aliphatic rings. The lowest BCUT2D eigenvalue weighted by Gasteiger charge is -2.22. The Morgan fingerprint density at radius 1 is 0.923 bits per heavy atom. The molecule has 0 aliphatic heterocycles. The maximum atomic E-state index is 12.9. The van der Waals surface area contributed by atoms with Crippen molar-refractivity contribution >= 4 is 37.1 Å². The SMILES string of the molecule is C[Si](C)(C)CCOC(=O)N(C(=O)c1ccc(N)cc1)c1ccc(N)cc1. The standard InChI is InChI=1S/C19H25N3O3Si/c1-26(2,3)13-12-25-19(24)22(17-10-8-16(21)9-11-17)18(23)14-4-6-15(20)7-5-14/h4-11H,12-13,20-21H2,1-3H3. The largest absolute Gasteiger partial charge is 0.449 e. The van der Waals surface area contributed by atoms with E-state index in [1.54, 1.807) is 48.5 Å². The third-order valence-electron chi connectivity index (χ3n) is 3.77. The molecule has 138 valence electrons. The number of amides is 2. The van der Waals surface area contributed by atoms with Crippen molar-refractivity contribution in [1.29, 1.82) is 0 Å². The van der Waals surface area contributed by atoms with Crippen LogP contribution in [-0.4, -0.2) is 26.7 Å². The number of nitrogens with two attached hydrogens (primary N) is 2. The van der Waals surface area contributed by atoms with Gasteiger partial charge in [-0.25, -0.2) is 9.69 Å². The fourth-order valence-electron chi connectivity index (χ4n) is 2.19. The molecule has 0 atom stereocenters. The molecule has 2 rings (SSSR count). The summed E-state index contributed by atoms with van der Waals surface area (Å²) < 4.78 is 5.38. The summed E-state index contributed by atoms with van der Waals surface area (Å²) >= 11 is 0. The van der Waals surface area contributed by atoms with Crippen molar-refractivity contribution in [2.75, 3.05) is 23.0 Å². The summed E-state index contributed by atoms with van der Waals surface area (Å²) in [5.74, 6) is -0.479. The molecule has 0 spiro atoms. The predicted molar refractivity (Wildman–Crippen MR) is 108 cm³/mol. The summed E-state index contributed by atoms with van der Waals surface area (Å²) in [7, 11) is -1.35. The number of imide groups is 1. The second-order valence-corrected chi connectivity index (χ2v) is 12.9. The lowest BCUT2D eigenvalue weighted by atomic mass is 10.1. The molecular formula is C19H25N3O3Si. The van der Waals surface area contributed by atoms with Gasteiger partial charge in [0.05, 0.1) is 12.3 Å². The Bertz CT molecular complexity index is 768. The average Bonchev–Trinajstić information content (AvgIpc) is 2.56. The van der Waals surface area contributed by atoms with Gasteiger partial charge in [-0.1, -0.05) is 19.6 Å². The number of ether oxygens (including phenoxy) is 1. The highest BCUT2D eigenvalue weighted by Gasteiger charge is 2.27. The van der Waals surface area contributed by atoms with E-state index in [9.17, 15) is 9.59 Å². The summed E-state index contributed by atoms with van der Waals surface area (Å²) in [6.07, 6.45) is -0.699. The van der Waals surface area contributed by atoms with Gasteiger partial charge in [0.25, 0.3) is 5.91 Å². The Kier molecular flexibility index (Phi) is 6.04. The Balaban J connectivity index is 2.26. The fourth-order valence-corrected chi connectivity index (χ4v) is 2.91. The number of rotatable bonds is 5. The molecule has 6 nitrogen and oxygen atoms in total. The minimum atomic E-state index is -1.35. The zero-order valence-corrected chi connectivity index (χ0v) is 16.4. The van der Waals surface area contributed by atoms with E-state index in [0.717, 1.165) is 10.9 Å². The van der Waals surface area contributed by atoms with Crippen LogP contribution in [0.2, 0.25) is 25.7 Å². The van der Waals surface area contributed by atoms with Crippen molar-refractivity contribution in [2.24, 2.45) is 0 Å². The molecule has 0 fully saturated rings. The summed E-state index contributed by atoms with van der Waals surface area (Å²) in [6.45, 7) is 6.86. The van der Waals surface area contributed by atoms with Crippen LogP contribution in [0.15, 0.2) is 48.5 Å². The number of nitrogen functional groups attached to an aromatic ring is 2. The average molecular weight is 372 g/mol. The van der Waals surface area contributed by atoms with Gasteiger partial charge in [-0.2, -0.15) is 0 Å². The molecule has 0 aliphatic carbocycles. The van der Waals surface area contributed by atoms with Crippen LogP contribution in [0.5, 0.6) is 0 Å². The van der Waals surface area contributed by atoms with Gasteiger partial charge in [0, 0.05) is 25.0 Å². The van der Waals surface area contributed by atoms with E-state index in [1.807, 2.05) is 0 Å². The molecule has 0 saturated heterocycles. The van der Waals surface area contributed by atoms with E-state index in [4.69, 9.17) is 16.2 Å². The second-order valence-electron chi connectivity index (χ2n) is 7.28. The Labute approximate surface area is 154 Å². The maximum Gasteiger partial charge on any atom is 0.421 e. The van der Waals surface area contributed by atoms with E-state index in [0.29, 0.717) is 22.6 Å². The van der Waals surface area contributed by atoms with E-state index >= 15 is 0 Å². The minimum Gasteiger partial charge on any atom is -0.449 e. The lowest BCUT2D eigenvalue weighted by molar-refractivity contribution is 0.0967. The Morgan fingerprint density at radius 2 is 1.42 bits per heavy atom. The lowest BCUT2D eigenvalue weighted by Crippen LogP contribution is -2.38. The topological polar surface area (TPSA) is 98.6 Å². The van der Waals surface area contributed by atoms with E-state index in [-0.39, 0.29) is 6.61 Å². The smallest absolute Gasteiger partial charge is 0.421 e. The van der Waals surface area contributed by atoms with Crippen LogP contribution < -0.4 is 16.4 Å². The highest BCUT2D eigenvalue weighted by Crippen LogP contribution is 2.21. The molecule has 26 heavy (non-hydrogen) atoms. The van der Waals surface area contributed by atoms with Gasteiger partial charge < -0.3 is 16.2 Å². The van der Waals surface area contributed by atoms with Gasteiger partial charge in [0.2, 0.25) is 0 Å². The second kappa shape index (κ2) is 8.05. The number of carbonyl (C=O) groups is 2.